The number of carbonyl (C=O) groups excluding carboxylic acids is 1. The Bertz CT molecular complexity index is 860. The Morgan fingerprint density at radius 1 is 1.28 bits per heavy atom. The highest BCUT2D eigenvalue weighted by atomic mass is 16.5. The van der Waals surface area contributed by atoms with Crippen molar-refractivity contribution in [3.63, 3.8) is 0 Å². The molecule has 0 bridgehead atoms. The number of nitrogens with zero attached hydrogens (tertiary/aromatic N) is 2. The van der Waals surface area contributed by atoms with Crippen molar-refractivity contribution in [1.82, 2.24) is 10.1 Å². The van der Waals surface area contributed by atoms with E-state index in [1.54, 1.807) is 24.5 Å². The quantitative estimate of drug-likeness (QED) is 0.645. The van der Waals surface area contributed by atoms with Crippen molar-refractivity contribution in [2.45, 2.75) is 19.4 Å². The lowest BCUT2D eigenvalue weighted by molar-refractivity contribution is 0.0713. The number of hydrogen-bond acceptors (Lipinski definition) is 4. The Morgan fingerprint density at radius 2 is 2.08 bits per heavy atom. The molecule has 2 aromatic heterocycles. The van der Waals surface area contributed by atoms with Crippen LogP contribution >= 0.6 is 0 Å². The van der Waals surface area contributed by atoms with Gasteiger partial charge < -0.3 is 13.8 Å². The molecule has 0 aliphatic rings. The molecule has 0 radical (unpaired) electrons. The summed E-state index contributed by atoms with van der Waals surface area (Å²) in [4.78, 5) is 14.2. The van der Waals surface area contributed by atoms with Gasteiger partial charge in [-0.3, -0.25) is 4.79 Å². The first-order valence-electron chi connectivity index (χ1n) is 7.95. The van der Waals surface area contributed by atoms with Crippen LogP contribution in [0.15, 0.2) is 63.7 Å². The normalized spacial score (nSPS) is 11.7. The number of terminal acetylenes is 1. The predicted molar refractivity (Wildman–Crippen MR) is 92.7 cm³/mol. The fourth-order valence-corrected chi connectivity index (χ4v) is 2.56. The van der Waals surface area contributed by atoms with Crippen LogP contribution in [-0.2, 0) is 6.54 Å². The van der Waals surface area contributed by atoms with E-state index in [0.29, 0.717) is 11.5 Å². The smallest absolute Gasteiger partial charge is 0.293 e. The number of aromatic nitrogens is 1. The van der Waals surface area contributed by atoms with Crippen LogP contribution in [0.2, 0.25) is 0 Å². The lowest BCUT2D eigenvalue weighted by Gasteiger charge is -2.17. The minimum Gasteiger partial charge on any atom is -0.467 e. The van der Waals surface area contributed by atoms with Crippen LogP contribution in [0.5, 0.6) is 0 Å². The summed E-state index contributed by atoms with van der Waals surface area (Å²) in [6.45, 7) is 2.45. The van der Waals surface area contributed by atoms with Gasteiger partial charge in [-0.1, -0.05) is 48.3 Å². The minimum absolute atomic E-state index is 0.0256. The Hall–Kier alpha value is -3.26. The van der Waals surface area contributed by atoms with Gasteiger partial charge in [0, 0.05) is 12.0 Å². The number of hydrogen-bond donors (Lipinski definition) is 0. The Labute approximate surface area is 146 Å². The Morgan fingerprint density at radius 3 is 2.76 bits per heavy atom. The molecule has 1 amide bonds. The molecule has 1 unspecified atom stereocenters. The van der Waals surface area contributed by atoms with Gasteiger partial charge in [0.25, 0.3) is 5.91 Å². The van der Waals surface area contributed by atoms with Gasteiger partial charge in [-0.05, 0) is 17.7 Å². The monoisotopic (exact) mass is 334 g/mol. The summed E-state index contributed by atoms with van der Waals surface area (Å²) in [5, 5.41) is 4.06. The van der Waals surface area contributed by atoms with E-state index in [2.05, 4.69) is 11.1 Å². The van der Waals surface area contributed by atoms with Crippen molar-refractivity contribution >= 4 is 5.91 Å². The molecule has 2 heterocycles. The van der Waals surface area contributed by atoms with Gasteiger partial charge in [0.15, 0.2) is 0 Å². The summed E-state index contributed by atoms with van der Waals surface area (Å²) < 4.78 is 10.6. The van der Waals surface area contributed by atoms with Crippen LogP contribution in [-0.4, -0.2) is 22.5 Å². The Balaban J connectivity index is 1.77. The molecule has 25 heavy (non-hydrogen) atoms. The van der Waals surface area contributed by atoms with Crippen molar-refractivity contribution < 1.29 is 13.7 Å². The van der Waals surface area contributed by atoms with Crippen LogP contribution in [0.3, 0.4) is 0 Å². The molecule has 0 aliphatic heterocycles. The van der Waals surface area contributed by atoms with Gasteiger partial charge in [0.1, 0.15) is 5.76 Å². The molecule has 5 nitrogen and oxygen atoms in total. The van der Waals surface area contributed by atoms with Gasteiger partial charge in [0.05, 0.1) is 25.0 Å². The number of benzene rings is 1. The molecule has 0 fully saturated rings. The second-order valence-corrected chi connectivity index (χ2v) is 5.69. The van der Waals surface area contributed by atoms with E-state index in [4.69, 9.17) is 15.4 Å². The van der Waals surface area contributed by atoms with E-state index in [9.17, 15) is 4.79 Å². The third-order valence-corrected chi connectivity index (χ3v) is 3.98. The molecule has 126 valence electrons. The highest BCUT2D eigenvalue weighted by Gasteiger charge is 2.23. The summed E-state index contributed by atoms with van der Waals surface area (Å²) in [6.07, 6.45) is 6.94. The molecule has 1 aromatic carbocycles. The van der Waals surface area contributed by atoms with Gasteiger partial charge in [-0.2, -0.15) is 0 Å². The second kappa shape index (κ2) is 7.54. The largest absolute Gasteiger partial charge is 0.467 e. The van der Waals surface area contributed by atoms with Gasteiger partial charge >= 0.3 is 0 Å². The topological polar surface area (TPSA) is 59.5 Å². The van der Waals surface area contributed by atoms with Crippen LogP contribution in [0, 0.1) is 12.3 Å². The zero-order valence-corrected chi connectivity index (χ0v) is 13.9. The molecular weight excluding hydrogens is 316 g/mol. The van der Waals surface area contributed by atoms with Crippen molar-refractivity contribution in [3.8, 4) is 12.3 Å². The average molecular weight is 334 g/mol. The highest BCUT2D eigenvalue weighted by molar-refractivity contribution is 5.91. The number of furan rings is 1. The third-order valence-electron chi connectivity index (χ3n) is 3.98. The molecule has 0 saturated heterocycles. The first-order chi connectivity index (χ1) is 12.2. The fourth-order valence-electron chi connectivity index (χ4n) is 2.56. The zero-order valence-electron chi connectivity index (χ0n) is 13.9. The van der Waals surface area contributed by atoms with E-state index < -0.39 is 0 Å². The average Bonchev–Trinajstić information content (AvgIpc) is 3.33. The molecule has 0 spiro atoms. The van der Waals surface area contributed by atoms with E-state index in [1.807, 2.05) is 37.3 Å². The summed E-state index contributed by atoms with van der Waals surface area (Å²) >= 11 is 0. The molecule has 3 aromatic rings. The molecule has 5 heteroatoms. The number of amides is 1. The first-order valence-corrected chi connectivity index (χ1v) is 7.95. The van der Waals surface area contributed by atoms with Crippen molar-refractivity contribution in [1.29, 1.82) is 0 Å². The highest BCUT2D eigenvalue weighted by Crippen LogP contribution is 2.24. The maximum Gasteiger partial charge on any atom is 0.293 e. The van der Waals surface area contributed by atoms with E-state index in [0.717, 1.165) is 5.56 Å². The molecule has 1 atom stereocenters. The van der Waals surface area contributed by atoms with Crippen LogP contribution in [0.4, 0.5) is 0 Å². The lowest BCUT2D eigenvalue weighted by Crippen LogP contribution is -2.30. The summed E-state index contributed by atoms with van der Waals surface area (Å²) in [5.41, 5.74) is 1.80. The molecule has 0 N–H and O–H groups in total. The standard InChI is InChI=1S/C20H18N2O3/c1-3-11-22(14-17-10-7-12-24-17)20(23)19-13-18(21-25-19)15(2)16-8-5-4-6-9-16/h1,4-10,12-13,15H,11,14H2,2H3. The summed E-state index contributed by atoms with van der Waals surface area (Å²) in [5.74, 6) is 3.02. The van der Waals surface area contributed by atoms with Crippen LogP contribution in [0.25, 0.3) is 0 Å². The van der Waals surface area contributed by atoms with E-state index >= 15 is 0 Å². The third kappa shape index (κ3) is 3.81. The fraction of sp³-hybridized carbons (Fsp3) is 0.200. The van der Waals surface area contributed by atoms with Gasteiger partial charge in [-0.25, -0.2) is 0 Å². The van der Waals surface area contributed by atoms with Gasteiger partial charge in [-0.15, -0.1) is 6.42 Å². The minimum atomic E-state index is -0.312. The summed E-state index contributed by atoms with van der Waals surface area (Å²) in [7, 11) is 0. The van der Waals surface area contributed by atoms with Crippen LogP contribution < -0.4 is 0 Å². The SMILES string of the molecule is C#CCN(Cc1ccco1)C(=O)c1cc(C(C)c2ccccc2)no1. The van der Waals surface area contributed by atoms with Crippen molar-refractivity contribution in [2.75, 3.05) is 6.54 Å². The maximum atomic E-state index is 12.7. The van der Waals surface area contributed by atoms with Gasteiger partial charge in [0.2, 0.25) is 5.76 Å². The number of rotatable bonds is 6. The Kier molecular flexibility index (Phi) is 5.00. The first kappa shape index (κ1) is 16.6. The molecule has 3 rings (SSSR count). The number of carbonyl (C=O) groups is 1. The second-order valence-electron chi connectivity index (χ2n) is 5.69. The van der Waals surface area contributed by atoms with Crippen molar-refractivity contribution in [2.24, 2.45) is 0 Å². The lowest BCUT2D eigenvalue weighted by atomic mass is 9.98. The van der Waals surface area contributed by atoms with E-state index in [-0.39, 0.29) is 30.7 Å². The molecular formula is C20H18N2O3. The molecule has 0 aliphatic carbocycles. The molecule has 0 saturated carbocycles. The summed E-state index contributed by atoms with van der Waals surface area (Å²) in [6, 6.07) is 15.2. The maximum absolute atomic E-state index is 12.7. The predicted octanol–water partition coefficient (Wildman–Crippen LogP) is 3.70. The van der Waals surface area contributed by atoms with Crippen LogP contribution in [0.1, 0.15) is 40.4 Å². The van der Waals surface area contributed by atoms with Crippen molar-refractivity contribution in [3.05, 3.63) is 77.6 Å². The zero-order chi connectivity index (χ0) is 17.6. The van der Waals surface area contributed by atoms with E-state index in [1.165, 1.54) is 4.90 Å².